The topological polar surface area (TPSA) is 98.2 Å². The third-order valence-electron chi connectivity index (χ3n) is 3.49. The standard InChI is InChI=1S/C20H21N3O5/c1-4-11-28-15-7-5-14(6-8-15)13-21-23-20(25)19(24)22-17-10-9-16(26-2)12-18(17)27-3/h4-10,12-13H,1,11H2,2-3H3,(H,22,24)(H,23,25). The van der Waals surface area contributed by atoms with Crippen molar-refractivity contribution in [1.29, 1.82) is 0 Å². The minimum absolute atomic E-state index is 0.336. The second kappa shape index (κ2) is 10.4. The Labute approximate surface area is 162 Å². The van der Waals surface area contributed by atoms with Gasteiger partial charge in [0.2, 0.25) is 0 Å². The normalized spacial score (nSPS) is 10.2. The van der Waals surface area contributed by atoms with Gasteiger partial charge in [-0.15, -0.1) is 0 Å². The molecule has 0 fully saturated rings. The Kier molecular flexibility index (Phi) is 7.59. The van der Waals surface area contributed by atoms with Crippen molar-refractivity contribution < 1.29 is 23.8 Å². The Bertz CT molecular complexity index is 863. The van der Waals surface area contributed by atoms with Crippen molar-refractivity contribution in [2.24, 2.45) is 5.10 Å². The molecule has 0 aliphatic carbocycles. The number of ether oxygens (including phenoxy) is 3. The number of hydrogen-bond acceptors (Lipinski definition) is 6. The van der Waals surface area contributed by atoms with Gasteiger partial charge in [-0.25, -0.2) is 5.43 Å². The van der Waals surface area contributed by atoms with E-state index in [0.717, 1.165) is 5.56 Å². The predicted octanol–water partition coefficient (Wildman–Crippen LogP) is 2.36. The second-order valence-corrected chi connectivity index (χ2v) is 5.39. The number of methoxy groups -OCH3 is 2. The highest BCUT2D eigenvalue weighted by molar-refractivity contribution is 6.39. The maximum absolute atomic E-state index is 12.0. The van der Waals surface area contributed by atoms with Gasteiger partial charge in [-0.3, -0.25) is 9.59 Å². The summed E-state index contributed by atoms with van der Waals surface area (Å²) in [5.74, 6) is -0.185. The number of anilines is 1. The molecule has 0 saturated heterocycles. The Morgan fingerprint density at radius 1 is 1.04 bits per heavy atom. The van der Waals surface area contributed by atoms with E-state index >= 15 is 0 Å². The zero-order chi connectivity index (χ0) is 20.4. The summed E-state index contributed by atoms with van der Waals surface area (Å²) in [6.07, 6.45) is 3.06. The van der Waals surface area contributed by atoms with Gasteiger partial charge in [0.1, 0.15) is 23.9 Å². The van der Waals surface area contributed by atoms with Gasteiger partial charge in [0, 0.05) is 6.07 Å². The molecule has 0 radical (unpaired) electrons. The van der Waals surface area contributed by atoms with Crippen molar-refractivity contribution in [3.63, 3.8) is 0 Å². The second-order valence-electron chi connectivity index (χ2n) is 5.39. The van der Waals surface area contributed by atoms with Crippen LogP contribution >= 0.6 is 0 Å². The number of hydrogen-bond donors (Lipinski definition) is 2. The molecule has 2 N–H and O–H groups in total. The van der Waals surface area contributed by atoms with Gasteiger partial charge in [-0.2, -0.15) is 5.10 Å². The average molecular weight is 383 g/mol. The molecule has 0 aliphatic rings. The van der Waals surface area contributed by atoms with Crippen LogP contribution in [0.5, 0.6) is 17.2 Å². The van der Waals surface area contributed by atoms with E-state index in [1.165, 1.54) is 20.4 Å². The first-order chi connectivity index (χ1) is 13.6. The van der Waals surface area contributed by atoms with E-state index in [0.29, 0.717) is 29.5 Å². The van der Waals surface area contributed by atoms with Crippen LogP contribution in [0.1, 0.15) is 5.56 Å². The summed E-state index contributed by atoms with van der Waals surface area (Å²) >= 11 is 0. The van der Waals surface area contributed by atoms with E-state index in [1.807, 2.05) is 0 Å². The number of hydrazone groups is 1. The van der Waals surface area contributed by atoms with E-state index in [2.05, 4.69) is 22.4 Å². The minimum Gasteiger partial charge on any atom is -0.497 e. The minimum atomic E-state index is -0.917. The first kappa shape index (κ1) is 20.5. The SMILES string of the molecule is C=CCOc1ccc(C=NNC(=O)C(=O)Nc2ccc(OC)cc2OC)cc1. The predicted molar refractivity (Wildman–Crippen MR) is 106 cm³/mol. The number of rotatable bonds is 8. The van der Waals surface area contributed by atoms with Crippen LogP contribution in [-0.4, -0.2) is 38.9 Å². The molecule has 0 heterocycles. The van der Waals surface area contributed by atoms with E-state index in [9.17, 15) is 9.59 Å². The monoisotopic (exact) mass is 383 g/mol. The molecule has 28 heavy (non-hydrogen) atoms. The summed E-state index contributed by atoms with van der Waals surface area (Å²) in [6.45, 7) is 3.99. The molecule has 2 rings (SSSR count). The zero-order valence-electron chi connectivity index (χ0n) is 15.6. The Morgan fingerprint density at radius 2 is 1.75 bits per heavy atom. The summed E-state index contributed by atoms with van der Waals surface area (Å²) in [6, 6.07) is 11.8. The first-order valence-corrected chi connectivity index (χ1v) is 8.27. The third-order valence-corrected chi connectivity index (χ3v) is 3.49. The molecule has 2 amide bonds. The van der Waals surface area contributed by atoms with Crippen LogP contribution < -0.4 is 25.0 Å². The molecule has 0 saturated carbocycles. The molecule has 0 atom stereocenters. The van der Waals surface area contributed by atoms with Gasteiger partial charge in [-0.05, 0) is 42.0 Å². The molecular weight excluding hydrogens is 362 g/mol. The number of benzene rings is 2. The first-order valence-electron chi connectivity index (χ1n) is 8.27. The van der Waals surface area contributed by atoms with Gasteiger partial charge >= 0.3 is 11.8 Å². The molecule has 0 aliphatic heterocycles. The highest BCUT2D eigenvalue weighted by Crippen LogP contribution is 2.28. The lowest BCUT2D eigenvalue weighted by molar-refractivity contribution is -0.136. The number of amides is 2. The van der Waals surface area contributed by atoms with Crippen LogP contribution in [0.15, 0.2) is 60.2 Å². The van der Waals surface area contributed by atoms with E-state index in [1.54, 1.807) is 48.5 Å². The highest BCUT2D eigenvalue weighted by Gasteiger charge is 2.15. The Balaban J connectivity index is 1.91. The lowest BCUT2D eigenvalue weighted by Crippen LogP contribution is -2.32. The van der Waals surface area contributed by atoms with Gasteiger partial charge in [0.25, 0.3) is 0 Å². The fraction of sp³-hybridized carbons (Fsp3) is 0.150. The molecule has 8 nitrogen and oxygen atoms in total. The van der Waals surface area contributed by atoms with Crippen molar-refractivity contribution in [2.75, 3.05) is 26.1 Å². The fourth-order valence-corrected chi connectivity index (χ4v) is 2.10. The van der Waals surface area contributed by atoms with Crippen molar-refractivity contribution in [1.82, 2.24) is 5.43 Å². The molecular formula is C20H21N3O5. The van der Waals surface area contributed by atoms with Gasteiger partial charge in [0.15, 0.2) is 0 Å². The number of carbonyl (C=O) groups excluding carboxylic acids is 2. The third kappa shape index (κ3) is 5.87. The summed E-state index contributed by atoms with van der Waals surface area (Å²) in [5, 5.41) is 6.23. The van der Waals surface area contributed by atoms with Crippen molar-refractivity contribution in [3.05, 3.63) is 60.7 Å². The Morgan fingerprint density at radius 3 is 2.39 bits per heavy atom. The summed E-state index contributed by atoms with van der Waals surface area (Å²) in [4.78, 5) is 23.9. The van der Waals surface area contributed by atoms with Crippen molar-refractivity contribution >= 4 is 23.7 Å². The zero-order valence-corrected chi connectivity index (χ0v) is 15.6. The summed E-state index contributed by atoms with van der Waals surface area (Å²) in [7, 11) is 2.96. The molecule has 0 bridgehead atoms. The quantitative estimate of drug-likeness (QED) is 0.316. The molecule has 0 unspecified atom stereocenters. The summed E-state index contributed by atoms with van der Waals surface area (Å²) in [5.41, 5.74) is 3.23. The lowest BCUT2D eigenvalue weighted by atomic mass is 10.2. The molecule has 0 spiro atoms. The molecule has 8 heteroatoms. The van der Waals surface area contributed by atoms with Crippen LogP contribution in [0.4, 0.5) is 5.69 Å². The van der Waals surface area contributed by atoms with Crippen molar-refractivity contribution in [3.8, 4) is 17.2 Å². The smallest absolute Gasteiger partial charge is 0.329 e. The van der Waals surface area contributed by atoms with Crippen molar-refractivity contribution in [2.45, 2.75) is 0 Å². The maximum Gasteiger partial charge on any atom is 0.329 e. The highest BCUT2D eigenvalue weighted by atomic mass is 16.5. The van der Waals surface area contributed by atoms with Crippen LogP contribution in [0.25, 0.3) is 0 Å². The average Bonchev–Trinajstić information content (AvgIpc) is 2.73. The number of carbonyl (C=O) groups is 2. The van der Waals surface area contributed by atoms with Crippen LogP contribution in [0.2, 0.25) is 0 Å². The Hall–Kier alpha value is -3.81. The fourth-order valence-electron chi connectivity index (χ4n) is 2.10. The molecule has 2 aromatic carbocycles. The summed E-state index contributed by atoms with van der Waals surface area (Å²) < 4.78 is 15.6. The number of nitrogens with one attached hydrogen (secondary N) is 2. The van der Waals surface area contributed by atoms with E-state index in [-0.39, 0.29) is 0 Å². The lowest BCUT2D eigenvalue weighted by Gasteiger charge is -2.10. The van der Waals surface area contributed by atoms with Gasteiger partial charge in [-0.1, -0.05) is 12.7 Å². The van der Waals surface area contributed by atoms with Gasteiger partial charge < -0.3 is 19.5 Å². The van der Waals surface area contributed by atoms with Crippen LogP contribution in [-0.2, 0) is 9.59 Å². The van der Waals surface area contributed by atoms with E-state index < -0.39 is 11.8 Å². The maximum atomic E-state index is 12.0. The molecule has 0 aromatic heterocycles. The molecule has 2 aromatic rings. The molecule has 146 valence electrons. The van der Waals surface area contributed by atoms with E-state index in [4.69, 9.17) is 14.2 Å². The van der Waals surface area contributed by atoms with Crippen LogP contribution in [0, 0.1) is 0 Å². The number of nitrogens with zero attached hydrogens (tertiary/aromatic N) is 1. The van der Waals surface area contributed by atoms with Crippen LogP contribution in [0.3, 0.4) is 0 Å². The largest absolute Gasteiger partial charge is 0.497 e. The van der Waals surface area contributed by atoms with Gasteiger partial charge in [0.05, 0.1) is 26.1 Å².